The molecule has 4 nitrogen and oxygen atoms in total. The molecule has 0 aromatic heterocycles. The number of likely N-dealkylation sites (tertiary alicyclic amines) is 1. The molecule has 0 unspecified atom stereocenters. The highest BCUT2D eigenvalue weighted by atomic mass is 32.2. The summed E-state index contributed by atoms with van der Waals surface area (Å²) in [4.78, 5) is 9.35. The van der Waals surface area contributed by atoms with Gasteiger partial charge in [-0.2, -0.15) is 11.8 Å². The van der Waals surface area contributed by atoms with Gasteiger partial charge in [-0.3, -0.25) is 4.99 Å². The number of nitrogens with zero attached hydrogens (tertiary/aromatic N) is 3. The van der Waals surface area contributed by atoms with Crippen LogP contribution in [-0.4, -0.2) is 66.5 Å². The van der Waals surface area contributed by atoms with E-state index in [4.69, 9.17) is 5.73 Å². The SMILES string of the molecule is CCN1CCC(CCN=C(N)N2CCSCC2)CC1. The first kappa shape index (κ1) is 15.0. The van der Waals surface area contributed by atoms with Crippen LogP contribution in [0.3, 0.4) is 0 Å². The largest absolute Gasteiger partial charge is 0.370 e. The topological polar surface area (TPSA) is 44.9 Å². The van der Waals surface area contributed by atoms with Crippen molar-refractivity contribution in [3.8, 4) is 0 Å². The third-order valence-corrected chi connectivity index (χ3v) is 5.24. The van der Waals surface area contributed by atoms with Crippen molar-refractivity contribution in [3.63, 3.8) is 0 Å². The van der Waals surface area contributed by atoms with Gasteiger partial charge in [0, 0.05) is 31.1 Å². The molecule has 2 aliphatic rings. The Morgan fingerprint density at radius 3 is 2.53 bits per heavy atom. The number of piperidine rings is 1. The molecule has 110 valence electrons. The number of hydrogen-bond donors (Lipinski definition) is 1. The van der Waals surface area contributed by atoms with Gasteiger partial charge in [-0.15, -0.1) is 0 Å². The monoisotopic (exact) mass is 284 g/mol. The Hall–Kier alpha value is -0.420. The number of thioether (sulfide) groups is 1. The maximum absolute atomic E-state index is 6.07. The van der Waals surface area contributed by atoms with Crippen LogP contribution in [0.15, 0.2) is 4.99 Å². The Kier molecular flexibility index (Phi) is 6.31. The van der Waals surface area contributed by atoms with Crippen molar-refractivity contribution in [2.75, 3.05) is 50.8 Å². The smallest absolute Gasteiger partial charge is 0.191 e. The molecule has 19 heavy (non-hydrogen) atoms. The molecule has 0 saturated carbocycles. The lowest BCUT2D eigenvalue weighted by Crippen LogP contribution is -2.42. The molecule has 2 N–H and O–H groups in total. The lowest BCUT2D eigenvalue weighted by atomic mass is 9.94. The van der Waals surface area contributed by atoms with E-state index in [9.17, 15) is 0 Å². The second-order valence-corrected chi connectivity index (χ2v) is 6.73. The van der Waals surface area contributed by atoms with Crippen molar-refractivity contribution in [1.29, 1.82) is 0 Å². The number of rotatable bonds is 4. The molecular formula is C14H28N4S. The maximum atomic E-state index is 6.07. The average Bonchev–Trinajstić information content (AvgIpc) is 2.49. The summed E-state index contributed by atoms with van der Waals surface area (Å²) in [7, 11) is 0. The zero-order valence-corrected chi connectivity index (χ0v) is 13.0. The minimum Gasteiger partial charge on any atom is -0.370 e. The Bertz CT molecular complexity index is 281. The van der Waals surface area contributed by atoms with E-state index >= 15 is 0 Å². The van der Waals surface area contributed by atoms with E-state index in [-0.39, 0.29) is 0 Å². The summed E-state index contributed by atoms with van der Waals surface area (Å²) >= 11 is 2.01. The molecule has 0 radical (unpaired) electrons. The molecule has 0 bridgehead atoms. The molecular weight excluding hydrogens is 256 g/mol. The predicted octanol–water partition coefficient (Wildman–Crippen LogP) is 1.47. The van der Waals surface area contributed by atoms with Crippen molar-refractivity contribution in [2.24, 2.45) is 16.6 Å². The van der Waals surface area contributed by atoms with Crippen molar-refractivity contribution in [3.05, 3.63) is 0 Å². The van der Waals surface area contributed by atoms with Crippen LogP contribution in [0.2, 0.25) is 0 Å². The Labute approximate surface area is 121 Å². The number of aliphatic imine (C=N–C) groups is 1. The molecule has 2 aliphatic heterocycles. The van der Waals surface area contributed by atoms with Crippen LogP contribution in [0.25, 0.3) is 0 Å². The molecule has 0 atom stereocenters. The molecule has 0 spiro atoms. The van der Waals surface area contributed by atoms with Gasteiger partial charge in [0.15, 0.2) is 5.96 Å². The fourth-order valence-corrected chi connectivity index (χ4v) is 3.75. The van der Waals surface area contributed by atoms with Gasteiger partial charge in [-0.25, -0.2) is 0 Å². The maximum Gasteiger partial charge on any atom is 0.191 e. The summed E-state index contributed by atoms with van der Waals surface area (Å²) in [5.74, 6) is 4.00. The summed E-state index contributed by atoms with van der Waals surface area (Å²) in [6, 6.07) is 0. The normalized spacial score (nSPS) is 23.8. The van der Waals surface area contributed by atoms with Gasteiger partial charge in [0.1, 0.15) is 0 Å². The molecule has 5 heteroatoms. The van der Waals surface area contributed by atoms with Crippen LogP contribution < -0.4 is 5.73 Å². The van der Waals surface area contributed by atoms with E-state index in [2.05, 4.69) is 21.7 Å². The summed E-state index contributed by atoms with van der Waals surface area (Å²) < 4.78 is 0. The van der Waals surface area contributed by atoms with Gasteiger partial charge in [0.05, 0.1) is 0 Å². The van der Waals surface area contributed by atoms with Crippen LogP contribution in [0, 0.1) is 5.92 Å². The fourth-order valence-electron chi connectivity index (χ4n) is 2.85. The van der Waals surface area contributed by atoms with E-state index < -0.39 is 0 Å². The summed E-state index contributed by atoms with van der Waals surface area (Å²) in [6.07, 6.45) is 3.88. The third kappa shape index (κ3) is 4.88. The molecule has 0 aromatic rings. The second-order valence-electron chi connectivity index (χ2n) is 5.51. The predicted molar refractivity (Wildman–Crippen MR) is 84.8 cm³/mol. The quantitative estimate of drug-likeness (QED) is 0.627. The van der Waals surface area contributed by atoms with Gasteiger partial charge < -0.3 is 15.5 Å². The summed E-state index contributed by atoms with van der Waals surface area (Å²) in [5.41, 5.74) is 6.07. The molecule has 0 aromatic carbocycles. The van der Waals surface area contributed by atoms with Gasteiger partial charge in [-0.1, -0.05) is 6.92 Å². The Morgan fingerprint density at radius 1 is 1.21 bits per heavy atom. The van der Waals surface area contributed by atoms with E-state index in [0.717, 1.165) is 31.5 Å². The van der Waals surface area contributed by atoms with Crippen LogP contribution in [0.1, 0.15) is 26.2 Å². The van der Waals surface area contributed by atoms with E-state index in [1.807, 2.05) is 11.8 Å². The van der Waals surface area contributed by atoms with Crippen molar-refractivity contribution in [1.82, 2.24) is 9.80 Å². The first-order chi connectivity index (χ1) is 9.29. The Balaban J connectivity index is 1.65. The van der Waals surface area contributed by atoms with E-state index in [1.54, 1.807) is 0 Å². The molecule has 2 rings (SSSR count). The minimum atomic E-state index is 0.770. The number of nitrogens with two attached hydrogens (primary N) is 1. The van der Waals surface area contributed by atoms with Crippen molar-refractivity contribution >= 4 is 17.7 Å². The molecule has 2 saturated heterocycles. The first-order valence-corrected chi connectivity index (χ1v) is 8.80. The molecule has 2 heterocycles. The number of guanidine groups is 1. The van der Waals surface area contributed by atoms with E-state index in [1.165, 1.54) is 50.4 Å². The second kappa shape index (κ2) is 8.00. The zero-order valence-electron chi connectivity index (χ0n) is 12.2. The third-order valence-electron chi connectivity index (χ3n) is 4.30. The van der Waals surface area contributed by atoms with Crippen LogP contribution in [-0.2, 0) is 0 Å². The highest BCUT2D eigenvalue weighted by molar-refractivity contribution is 7.99. The van der Waals surface area contributed by atoms with Gasteiger partial charge >= 0.3 is 0 Å². The Morgan fingerprint density at radius 2 is 1.89 bits per heavy atom. The molecule has 0 amide bonds. The van der Waals surface area contributed by atoms with Crippen molar-refractivity contribution in [2.45, 2.75) is 26.2 Å². The number of hydrogen-bond acceptors (Lipinski definition) is 3. The first-order valence-electron chi connectivity index (χ1n) is 7.64. The van der Waals surface area contributed by atoms with Gasteiger partial charge in [0.2, 0.25) is 0 Å². The van der Waals surface area contributed by atoms with Crippen LogP contribution in [0.5, 0.6) is 0 Å². The van der Waals surface area contributed by atoms with Crippen LogP contribution in [0.4, 0.5) is 0 Å². The lowest BCUT2D eigenvalue weighted by molar-refractivity contribution is 0.188. The standard InChI is InChI=1S/C14H28N4S/c1-2-17-7-4-13(5-8-17)3-6-16-14(15)18-9-11-19-12-10-18/h13H,2-12H2,1H3,(H2,15,16). The van der Waals surface area contributed by atoms with Gasteiger partial charge in [-0.05, 0) is 44.8 Å². The summed E-state index contributed by atoms with van der Waals surface area (Å²) in [6.45, 7) is 9.02. The molecule has 0 aliphatic carbocycles. The average molecular weight is 284 g/mol. The zero-order chi connectivity index (χ0) is 13.5. The lowest BCUT2D eigenvalue weighted by Gasteiger charge is -2.31. The van der Waals surface area contributed by atoms with Crippen LogP contribution >= 0.6 is 11.8 Å². The van der Waals surface area contributed by atoms with Crippen molar-refractivity contribution < 1.29 is 0 Å². The highest BCUT2D eigenvalue weighted by Crippen LogP contribution is 2.20. The minimum absolute atomic E-state index is 0.770. The summed E-state index contributed by atoms with van der Waals surface area (Å²) in [5, 5.41) is 0. The van der Waals surface area contributed by atoms with Gasteiger partial charge in [0.25, 0.3) is 0 Å². The molecule has 2 fully saturated rings. The highest BCUT2D eigenvalue weighted by Gasteiger charge is 2.17. The van der Waals surface area contributed by atoms with E-state index in [0.29, 0.717) is 0 Å². The fraction of sp³-hybridized carbons (Fsp3) is 0.929.